The van der Waals surface area contributed by atoms with E-state index in [-0.39, 0.29) is 24.1 Å². The Morgan fingerprint density at radius 1 is 1.22 bits per heavy atom. The standard InChI is InChI=1S/C19H18N4O3S/c20-18(25)16-8-7-15(27-16)14-6-3-9-23(14)17(24)10-22-11-21-13-5-2-1-4-12(13)19(22)26/h1-2,4-5,7-8,11,14H,3,6,9-10H2,(H2,20,25)/t14-/m1/s1. The van der Waals surface area contributed by atoms with Crippen molar-refractivity contribution in [2.75, 3.05) is 6.54 Å². The highest BCUT2D eigenvalue weighted by Crippen LogP contribution is 2.36. The lowest BCUT2D eigenvalue weighted by Crippen LogP contribution is -2.36. The molecule has 4 rings (SSSR count). The first kappa shape index (κ1) is 17.4. The summed E-state index contributed by atoms with van der Waals surface area (Å²) in [5, 5.41) is 0.495. The number of carbonyl (C=O) groups excluding carboxylic acids is 2. The van der Waals surface area contributed by atoms with E-state index in [2.05, 4.69) is 4.98 Å². The molecule has 0 spiro atoms. The molecule has 2 N–H and O–H groups in total. The van der Waals surface area contributed by atoms with Crippen molar-refractivity contribution < 1.29 is 9.59 Å². The van der Waals surface area contributed by atoms with Gasteiger partial charge < -0.3 is 10.6 Å². The summed E-state index contributed by atoms with van der Waals surface area (Å²) in [5.41, 5.74) is 5.72. The number of amides is 2. The maximum atomic E-state index is 12.9. The Hall–Kier alpha value is -3.00. The molecule has 1 aliphatic rings. The smallest absolute Gasteiger partial charge is 0.261 e. The van der Waals surface area contributed by atoms with Gasteiger partial charge in [-0.1, -0.05) is 12.1 Å². The fourth-order valence-electron chi connectivity index (χ4n) is 3.48. The van der Waals surface area contributed by atoms with E-state index >= 15 is 0 Å². The minimum atomic E-state index is -0.462. The zero-order valence-corrected chi connectivity index (χ0v) is 15.3. The van der Waals surface area contributed by atoms with Gasteiger partial charge in [0.25, 0.3) is 11.5 Å². The lowest BCUT2D eigenvalue weighted by molar-refractivity contribution is -0.132. The van der Waals surface area contributed by atoms with Crippen LogP contribution in [0.15, 0.2) is 47.5 Å². The maximum Gasteiger partial charge on any atom is 0.261 e. The van der Waals surface area contributed by atoms with Gasteiger partial charge in [0.1, 0.15) is 6.54 Å². The highest BCUT2D eigenvalue weighted by Gasteiger charge is 2.31. The molecule has 138 valence electrons. The average molecular weight is 382 g/mol. The number of rotatable bonds is 4. The molecule has 0 unspecified atom stereocenters. The van der Waals surface area contributed by atoms with Crippen LogP contribution >= 0.6 is 11.3 Å². The number of thiophene rings is 1. The van der Waals surface area contributed by atoms with Crippen LogP contribution in [0.1, 0.15) is 33.4 Å². The largest absolute Gasteiger partial charge is 0.365 e. The van der Waals surface area contributed by atoms with Gasteiger partial charge in [0.05, 0.1) is 28.1 Å². The molecule has 1 aromatic carbocycles. The molecule has 0 radical (unpaired) electrons. The minimum Gasteiger partial charge on any atom is -0.365 e. The Kier molecular flexibility index (Phi) is 4.49. The van der Waals surface area contributed by atoms with Crippen LogP contribution < -0.4 is 11.3 Å². The summed E-state index contributed by atoms with van der Waals surface area (Å²) in [4.78, 5) is 44.3. The molecule has 8 heteroatoms. The molecule has 27 heavy (non-hydrogen) atoms. The molecule has 2 amide bonds. The third-order valence-corrected chi connectivity index (χ3v) is 6.01. The summed E-state index contributed by atoms with van der Waals surface area (Å²) in [7, 11) is 0. The minimum absolute atomic E-state index is 0.0543. The summed E-state index contributed by atoms with van der Waals surface area (Å²) in [6.07, 6.45) is 3.13. The maximum absolute atomic E-state index is 12.9. The molecule has 1 aliphatic heterocycles. The fourth-order valence-corrected chi connectivity index (χ4v) is 4.49. The van der Waals surface area contributed by atoms with Gasteiger partial charge in [-0.25, -0.2) is 4.98 Å². The van der Waals surface area contributed by atoms with Crippen molar-refractivity contribution >= 4 is 34.1 Å². The van der Waals surface area contributed by atoms with Gasteiger partial charge in [-0.3, -0.25) is 19.0 Å². The van der Waals surface area contributed by atoms with Gasteiger partial charge >= 0.3 is 0 Å². The molecular formula is C19H18N4O3S. The van der Waals surface area contributed by atoms with Crippen LogP contribution in [0.4, 0.5) is 0 Å². The number of fused-ring (bicyclic) bond motifs is 1. The van der Waals surface area contributed by atoms with Crippen molar-refractivity contribution in [1.29, 1.82) is 0 Å². The normalized spacial score (nSPS) is 16.7. The summed E-state index contributed by atoms with van der Waals surface area (Å²) in [5.74, 6) is -0.596. The van der Waals surface area contributed by atoms with Crippen molar-refractivity contribution in [2.45, 2.75) is 25.4 Å². The van der Waals surface area contributed by atoms with Crippen LogP contribution in [0, 0.1) is 0 Å². The van der Waals surface area contributed by atoms with Crippen LogP contribution in [0.3, 0.4) is 0 Å². The highest BCUT2D eigenvalue weighted by molar-refractivity contribution is 7.14. The van der Waals surface area contributed by atoms with Gasteiger partial charge in [0.2, 0.25) is 5.91 Å². The van der Waals surface area contributed by atoms with E-state index in [1.807, 2.05) is 12.1 Å². The second kappa shape index (κ2) is 6.96. The van der Waals surface area contributed by atoms with E-state index in [0.29, 0.717) is 22.3 Å². The molecule has 3 aromatic rings. The number of primary amides is 1. The van der Waals surface area contributed by atoms with Crippen molar-refractivity contribution in [2.24, 2.45) is 5.73 Å². The molecular weight excluding hydrogens is 364 g/mol. The van der Waals surface area contributed by atoms with E-state index < -0.39 is 5.91 Å². The van der Waals surface area contributed by atoms with E-state index in [4.69, 9.17) is 5.73 Å². The fraction of sp³-hybridized carbons (Fsp3) is 0.263. The van der Waals surface area contributed by atoms with Crippen molar-refractivity contribution in [3.05, 3.63) is 62.8 Å². The molecule has 3 heterocycles. The van der Waals surface area contributed by atoms with Crippen molar-refractivity contribution in [3.63, 3.8) is 0 Å². The Labute approximate surface area is 159 Å². The zero-order chi connectivity index (χ0) is 19.0. The molecule has 7 nitrogen and oxygen atoms in total. The lowest BCUT2D eigenvalue weighted by Gasteiger charge is -2.24. The first-order valence-electron chi connectivity index (χ1n) is 8.68. The lowest BCUT2D eigenvalue weighted by atomic mass is 10.2. The van der Waals surface area contributed by atoms with E-state index in [9.17, 15) is 14.4 Å². The van der Waals surface area contributed by atoms with Crippen LogP contribution in [-0.4, -0.2) is 32.8 Å². The number of likely N-dealkylation sites (tertiary alicyclic amines) is 1. The SMILES string of the molecule is NC(=O)c1ccc([C@H]2CCCN2C(=O)Cn2cnc3ccccc3c2=O)s1. The monoisotopic (exact) mass is 382 g/mol. The predicted octanol–water partition coefficient (Wildman–Crippen LogP) is 1.92. The summed E-state index contributed by atoms with van der Waals surface area (Å²) >= 11 is 1.32. The first-order chi connectivity index (χ1) is 13.0. The first-order valence-corrected chi connectivity index (χ1v) is 9.49. The molecule has 1 saturated heterocycles. The van der Waals surface area contributed by atoms with Crippen molar-refractivity contribution in [1.82, 2.24) is 14.5 Å². The number of aromatic nitrogens is 2. The topological polar surface area (TPSA) is 98.3 Å². The molecule has 1 atom stereocenters. The molecule has 0 aliphatic carbocycles. The number of nitrogens with zero attached hydrogens (tertiary/aromatic N) is 3. The van der Waals surface area contributed by atoms with Crippen LogP contribution in [-0.2, 0) is 11.3 Å². The predicted molar refractivity (Wildman–Crippen MR) is 103 cm³/mol. The van der Waals surface area contributed by atoms with Crippen LogP contribution in [0.2, 0.25) is 0 Å². The van der Waals surface area contributed by atoms with Crippen LogP contribution in [0.5, 0.6) is 0 Å². The summed E-state index contributed by atoms with van der Waals surface area (Å²) < 4.78 is 1.35. The molecule has 0 bridgehead atoms. The van der Waals surface area contributed by atoms with Gasteiger partial charge in [-0.2, -0.15) is 0 Å². The zero-order valence-electron chi connectivity index (χ0n) is 14.5. The number of hydrogen-bond acceptors (Lipinski definition) is 5. The number of hydrogen-bond donors (Lipinski definition) is 1. The Morgan fingerprint density at radius 3 is 2.81 bits per heavy atom. The molecule has 2 aromatic heterocycles. The van der Waals surface area contributed by atoms with Gasteiger partial charge in [0.15, 0.2) is 0 Å². The summed E-state index contributed by atoms with van der Waals surface area (Å²) in [6.45, 7) is 0.574. The number of carbonyl (C=O) groups is 2. The van der Waals surface area contributed by atoms with Crippen molar-refractivity contribution in [3.8, 4) is 0 Å². The molecule has 0 saturated carbocycles. The van der Waals surface area contributed by atoms with E-state index in [0.717, 1.165) is 17.7 Å². The van der Waals surface area contributed by atoms with E-state index in [1.165, 1.54) is 22.2 Å². The van der Waals surface area contributed by atoms with Gasteiger partial charge in [-0.15, -0.1) is 11.3 Å². The number of para-hydroxylation sites is 1. The third kappa shape index (κ3) is 3.23. The second-order valence-electron chi connectivity index (χ2n) is 6.51. The summed E-state index contributed by atoms with van der Waals surface area (Å²) in [6, 6.07) is 10.5. The number of benzene rings is 1. The second-order valence-corrected chi connectivity index (χ2v) is 7.62. The van der Waals surface area contributed by atoms with Gasteiger partial charge in [-0.05, 0) is 37.1 Å². The Bertz CT molecular complexity index is 1090. The third-order valence-electron chi connectivity index (χ3n) is 4.81. The van der Waals surface area contributed by atoms with Gasteiger partial charge in [0, 0.05) is 11.4 Å². The average Bonchev–Trinajstić information content (AvgIpc) is 3.33. The quantitative estimate of drug-likeness (QED) is 0.745. The highest BCUT2D eigenvalue weighted by atomic mass is 32.1. The number of nitrogens with two attached hydrogens (primary N) is 1. The molecule has 1 fully saturated rings. The Balaban J connectivity index is 1.58. The Morgan fingerprint density at radius 2 is 2.04 bits per heavy atom. The van der Waals surface area contributed by atoms with E-state index in [1.54, 1.807) is 29.2 Å². The van der Waals surface area contributed by atoms with Crippen LogP contribution in [0.25, 0.3) is 10.9 Å².